The quantitative estimate of drug-likeness (QED) is 0.894. The van der Waals surface area contributed by atoms with Crippen LogP contribution in [-0.2, 0) is 10.0 Å². The summed E-state index contributed by atoms with van der Waals surface area (Å²) in [6, 6.07) is 7.19. The van der Waals surface area contributed by atoms with Crippen LogP contribution in [0.1, 0.15) is 17.8 Å². The minimum Gasteiger partial charge on any atom is -0.406 e. The summed E-state index contributed by atoms with van der Waals surface area (Å²) in [6.07, 6.45) is -4.81. The molecule has 0 bridgehead atoms. The molecule has 0 radical (unpaired) electrons. The standard InChI is InChI=1S/C13H12F3NO3S2/c1-9(12-3-2-8-21-12)17-22(18,19)11-6-4-10(5-7-11)20-13(14,15)16/h2-9,17H,1H3/t9-/m0/s1. The van der Waals surface area contributed by atoms with Crippen molar-refractivity contribution in [2.75, 3.05) is 0 Å². The van der Waals surface area contributed by atoms with Gasteiger partial charge in [0.1, 0.15) is 5.75 Å². The van der Waals surface area contributed by atoms with E-state index in [1.807, 2.05) is 5.38 Å². The van der Waals surface area contributed by atoms with Crippen molar-refractivity contribution in [1.82, 2.24) is 4.72 Å². The Kier molecular flexibility index (Phi) is 4.78. The van der Waals surface area contributed by atoms with Crippen LogP contribution in [0.5, 0.6) is 5.75 Å². The lowest BCUT2D eigenvalue weighted by Gasteiger charge is -2.13. The highest BCUT2D eigenvalue weighted by atomic mass is 32.2. The van der Waals surface area contributed by atoms with Gasteiger partial charge in [-0.1, -0.05) is 6.07 Å². The Hall–Kier alpha value is -1.58. The van der Waals surface area contributed by atoms with Gasteiger partial charge in [0.05, 0.1) is 10.9 Å². The molecule has 22 heavy (non-hydrogen) atoms. The van der Waals surface area contributed by atoms with Crippen molar-refractivity contribution < 1.29 is 26.3 Å². The highest BCUT2D eigenvalue weighted by Crippen LogP contribution is 2.25. The normalized spacial score (nSPS) is 13.8. The van der Waals surface area contributed by atoms with E-state index in [2.05, 4.69) is 9.46 Å². The molecule has 1 atom stereocenters. The summed E-state index contributed by atoms with van der Waals surface area (Å²) in [7, 11) is -3.83. The first-order valence-electron chi connectivity index (χ1n) is 6.09. The van der Waals surface area contributed by atoms with Crippen LogP contribution in [0, 0.1) is 0 Å². The van der Waals surface area contributed by atoms with E-state index < -0.39 is 28.2 Å². The van der Waals surface area contributed by atoms with E-state index in [1.54, 1.807) is 19.1 Å². The van der Waals surface area contributed by atoms with Crippen molar-refractivity contribution in [2.24, 2.45) is 0 Å². The molecule has 0 amide bonds. The van der Waals surface area contributed by atoms with Crippen molar-refractivity contribution in [3.8, 4) is 5.75 Å². The van der Waals surface area contributed by atoms with Gasteiger partial charge in [0.2, 0.25) is 10.0 Å². The highest BCUT2D eigenvalue weighted by Gasteiger charge is 2.31. The van der Waals surface area contributed by atoms with Crippen LogP contribution in [-0.4, -0.2) is 14.8 Å². The SMILES string of the molecule is C[C@H](NS(=O)(=O)c1ccc(OC(F)(F)F)cc1)c1cccs1. The van der Waals surface area contributed by atoms with Gasteiger partial charge in [-0.2, -0.15) is 0 Å². The number of hydrogen-bond donors (Lipinski definition) is 1. The van der Waals surface area contributed by atoms with E-state index in [1.165, 1.54) is 11.3 Å². The summed E-state index contributed by atoms with van der Waals surface area (Å²) < 4.78 is 66.6. The van der Waals surface area contributed by atoms with Crippen molar-refractivity contribution >= 4 is 21.4 Å². The third kappa shape index (κ3) is 4.46. The predicted octanol–water partition coefficient (Wildman–Crippen LogP) is 3.69. The van der Waals surface area contributed by atoms with Crippen molar-refractivity contribution in [2.45, 2.75) is 24.2 Å². The van der Waals surface area contributed by atoms with Gasteiger partial charge in [0.25, 0.3) is 0 Å². The van der Waals surface area contributed by atoms with Gasteiger partial charge < -0.3 is 4.74 Å². The first-order valence-corrected chi connectivity index (χ1v) is 8.45. The molecule has 0 aliphatic rings. The maximum Gasteiger partial charge on any atom is 0.573 e. The lowest BCUT2D eigenvalue weighted by atomic mass is 10.3. The molecule has 1 heterocycles. The van der Waals surface area contributed by atoms with Crippen LogP contribution in [0.2, 0.25) is 0 Å². The molecule has 0 saturated carbocycles. The summed E-state index contributed by atoms with van der Waals surface area (Å²) in [5.74, 6) is -0.474. The maximum atomic E-state index is 12.2. The minimum atomic E-state index is -4.81. The molecule has 1 aromatic carbocycles. The van der Waals surface area contributed by atoms with Crippen molar-refractivity contribution in [3.05, 3.63) is 46.7 Å². The molecule has 0 unspecified atom stereocenters. The van der Waals surface area contributed by atoms with E-state index in [0.717, 1.165) is 29.1 Å². The molecule has 2 aromatic rings. The second-order valence-electron chi connectivity index (χ2n) is 4.38. The van der Waals surface area contributed by atoms with Crippen LogP contribution >= 0.6 is 11.3 Å². The van der Waals surface area contributed by atoms with E-state index >= 15 is 0 Å². The van der Waals surface area contributed by atoms with Crippen LogP contribution in [0.3, 0.4) is 0 Å². The number of benzene rings is 1. The second-order valence-corrected chi connectivity index (χ2v) is 7.07. The monoisotopic (exact) mass is 351 g/mol. The summed E-state index contributed by atoms with van der Waals surface area (Å²) in [5.41, 5.74) is 0. The van der Waals surface area contributed by atoms with Gasteiger partial charge in [-0.05, 0) is 42.6 Å². The Bertz CT molecular complexity index is 710. The average molecular weight is 351 g/mol. The second kappa shape index (κ2) is 6.27. The fourth-order valence-corrected chi connectivity index (χ4v) is 3.75. The fourth-order valence-electron chi connectivity index (χ4n) is 1.72. The molecular weight excluding hydrogens is 339 g/mol. The van der Waals surface area contributed by atoms with Gasteiger partial charge in [-0.25, -0.2) is 13.1 Å². The van der Waals surface area contributed by atoms with Gasteiger partial charge in [-0.3, -0.25) is 0 Å². The molecule has 4 nitrogen and oxygen atoms in total. The lowest BCUT2D eigenvalue weighted by molar-refractivity contribution is -0.274. The zero-order valence-corrected chi connectivity index (χ0v) is 12.9. The zero-order chi connectivity index (χ0) is 16.4. The topological polar surface area (TPSA) is 55.4 Å². The van der Waals surface area contributed by atoms with Gasteiger partial charge in [0, 0.05) is 4.88 Å². The molecular formula is C13H12F3NO3S2. The summed E-state index contributed by atoms with van der Waals surface area (Å²) in [4.78, 5) is 0.700. The number of alkyl halides is 3. The summed E-state index contributed by atoms with van der Waals surface area (Å²) in [6.45, 7) is 1.69. The number of nitrogens with one attached hydrogen (secondary N) is 1. The molecule has 9 heteroatoms. The number of sulfonamides is 1. The van der Waals surface area contributed by atoms with Crippen LogP contribution < -0.4 is 9.46 Å². The average Bonchev–Trinajstić information content (AvgIpc) is 2.90. The summed E-state index contributed by atoms with van der Waals surface area (Å²) >= 11 is 1.40. The molecule has 0 saturated heterocycles. The van der Waals surface area contributed by atoms with Gasteiger partial charge in [0.15, 0.2) is 0 Å². The number of rotatable bonds is 5. The van der Waals surface area contributed by atoms with E-state index in [0.29, 0.717) is 0 Å². The van der Waals surface area contributed by atoms with Crippen LogP contribution in [0.4, 0.5) is 13.2 Å². The first kappa shape index (κ1) is 16.8. The Balaban J connectivity index is 2.12. The molecule has 120 valence electrons. The Labute approximate surface area is 129 Å². The third-order valence-corrected chi connectivity index (χ3v) is 5.28. The number of hydrogen-bond acceptors (Lipinski definition) is 4. The van der Waals surface area contributed by atoms with E-state index in [9.17, 15) is 21.6 Å². The van der Waals surface area contributed by atoms with E-state index in [4.69, 9.17) is 0 Å². The zero-order valence-electron chi connectivity index (χ0n) is 11.3. The van der Waals surface area contributed by atoms with Crippen molar-refractivity contribution in [3.63, 3.8) is 0 Å². The molecule has 0 spiro atoms. The molecule has 0 aliphatic heterocycles. The van der Waals surface area contributed by atoms with Crippen molar-refractivity contribution in [1.29, 1.82) is 0 Å². The van der Waals surface area contributed by atoms with Gasteiger partial charge >= 0.3 is 6.36 Å². The minimum absolute atomic E-state index is 0.134. The smallest absolute Gasteiger partial charge is 0.406 e. The fraction of sp³-hybridized carbons (Fsp3) is 0.231. The van der Waals surface area contributed by atoms with Crippen LogP contribution in [0.15, 0.2) is 46.7 Å². The number of ether oxygens (including phenoxy) is 1. The molecule has 0 aliphatic carbocycles. The molecule has 1 aromatic heterocycles. The Morgan fingerprint density at radius 2 is 1.82 bits per heavy atom. The summed E-state index contributed by atoms with van der Waals surface area (Å²) in [5, 5.41) is 1.82. The van der Waals surface area contributed by atoms with E-state index in [-0.39, 0.29) is 4.90 Å². The molecule has 2 rings (SSSR count). The Morgan fingerprint density at radius 3 is 2.32 bits per heavy atom. The maximum absolute atomic E-state index is 12.2. The largest absolute Gasteiger partial charge is 0.573 e. The predicted molar refractivity (Wildman–Crippen MR) is 76.2 cm³/mol. The highest BCUT2D eigenvalue weighted by molar-refractivity contribution is 7.89. The lowest BCUT2D eigenvalue weighted by Crippen LogP contribution is -2.26. The first-order chi connectivity index (χ1) is 10.2. The molecule has 1 N–H and O–H groups in total. The number of thiophene rings is 1. The number of halogens is 3. The third-order valence-electron chi connectivity index (χ3n) is 2.67. The van der Waals surface area contributed by atoms with Crippen LogP contribution in [0.25, 0.3) is 0 Å². The van der Waals surface area contributed by atoms with Gasteiger partial charge in [-0.15, -0.1) is 24.5 Å². The molecule has 0 fully saturated rings. The Morgan fingerprint density at radius 1 is 1.18 bits per heavy atom.